The summed E-state index contributed by atoms with van der Waals surface area (Å²) in [6, 6.07) is 44.5. The van der Waals surface area contributed by atoms with Crippen LogP contribution >= 0.6 is 15.8 Å². The van der Waals surface area contributed by atoms with Crippen molar-refractivity contribution >= 4 is 37.1 Å². The van der Waals surface area contributed by atoms with Crippen LogP contribution in [0, 0.1) is 14.9 Å². The normalized spacial score (nSPS) is 14.0. The van der Waals surface area contributed by atoms with Crippen molar-refractivity contribution in [3.8, 4) is 0 Å². The Hall–Kier alpha value is -0.654. The van der Waals surface area contributed by atoms with Crippen LogP contribution < -0.4 is 46.0 Å². The summed E-state index contributed by atoms with van der Waals surface area (Å²) in [4.78, 5) is 0. The van der Waals surface area contributed by atoms with Gasteiger partial charge in [0.2, 0.25) is 0 Å². The summed E-state index contributed by atoms with van der Waals surface area (Å²) in [5, 5.41) is 6.19. The van der Waals surface area contributed by atoms with Gasteiger partial charge in [-0.05, 0) is 74.1 Å². The molecule has 0 atom stereocenters. The van der Waals surface area contributed by atoms with Gasteiger partial charge in [-0.3, -0.25) is 0 Å². The zero-order valence-corrected chi connectivity index (χ0v) is 30.1. The molecule has 0 bridgehead atoms. The number of benzene rings is 4. The second-order valence-corrected chi connectivity index (χ2v) is 15.0. The molecule has 0 nitrogen and oxygen atoms in total. The van der Waals surface area contributed by atoms with Crippen LogP contribution in [0.2, 0.25) is 0 Å². The molecular weight excluding hydrogens is 680 g/mol. The molecule has 4 aromatic rings. The van der Waals surface area contributed by atoms with Crippen LogP contribution in [0.15, 0.2) is 121 Å². The Labute approximate surface area is 292 Å². The van der Waals surface area contributed by atoms with E-state index in [1.54, 1.807) is 21.2 Å². The first-order valence-corrected chi connectivity index (χ1v) is 16.5. The second kappa shape index (κ2) is 23.7. The molecular formula is C36H44Cl2CoFeP2. The van der Waals surface area contributed by atoms with E-state index in [-0.39, 0.29) is 89.4 Å². The summed E-state index contributed by atoms with van der Waals surface area (Å²) < 4.78 is 0. The van der Waals surface area contributed by atoms with Crippen LogP contribution in [0.5, 0.6) is 0 Å². The summed E-state index contributed by atoms with van der Waals surface area (Å²) in [7, 11) is -0.304. The third kappa shape index (κ3) is 12.0. The molecule has 42 heavy (non-hydrogen) atoms. The Morgan fingerprint density at radius 1 is 0.381 bits per heavy atom. The molecule has 229 valence electrons. The van der Waals surface area contributed by atoms with Crippen molar-refractivity contribution in [3.63, 3.8) is 0 Å². The largest absolute Gasteiger partial charge is 2.00 e. The van der Waals surface area contributed by atoms with Gasteiger partial charge in [0, 0.05) is 0 Å². The maximum absolute atomic E-state index is 2.32. The number of hydrogen-bond acceptors (Lipinski definition) is 0. The van der Waals surface area contributed by atoms with Crippen LogP contribution in [-0.2, 0) is 33.8 Å². The molecule has 0 unspecified atom stereocenters. The molecule has 0 N–H and O–H groups in total. The molecule has 0 amide bonds. The van der Waals surface area contributed by atoms with E-state index in [2.05, 4.69) is 121 Å². The van der Waals surface area contributed by atoms with Gasteiger partial charge in [-0.2, -0.15) is 0 Å². The second-order valence-electron chi connectivity index (χ2n) is 9.96. The Balaban J connectivity index is 0. The van der Waals surface area contributed by atoms with Crippen molar-refractivity contribution in [1.29, 1.82) is 0 Å². The molecule has 0 spiro atoms. The summed E-state index contributed by atoms with van der Waals surface area (Å²) in [6.07, 6.45) is 11.3. The fourth-order valence-electron chi connectivity index (χ4n) is 5.82. The smallest absolute Gasteiger partial charge is 1.00 e. The standard InChI is InChI=1S/2C17H19P.2CH3.2ClH.Co.Fe/c2*1-3-9-15(10-4-1)18(17-13-7-8-14-17)16-11-5-2-6-12-16;;;;;;/h2*1-6,9-12,17H,7-8,13-14H2;2*1H3;2*1H;;/q;;2*-1;;;2*+2/p-2. The Bertz CT molecular complexity index is 984. The van der Waals surface area contributed by atoms with Gasteiger partial charge in [-0.25, -0.2) is 0 Å². The zero-order valence-electron chi connectivity index (χ0n) is 24.7. The van der Waals surface area contributed by atoms with Crippen molar-refractivity contribution < 1.29 is 58.7 Å². The molecule has 0 aromatic heterocycles. The Kier molecular flexibility index (Phi) is 24.5. The van der Waals surface area contributed by atoms with Crippen LogP contribution in [0.1, 0.15) is 51.4 Å². The van der Waals surface area contributed by atoms with E-state index in [0.717, 1.165) is 11.3 Å². The number of rotatable bonds is 6. The molecule has 0 heterocycles. The van der Waals surface area contributed by atoms with Gasteiger partial charge in [0.1, 0.15) is 0 Å². The van der Waals surface area contributed by atoms with Gasteiger partial charge < -0.3 is 39.7 Å². The molecule has 0 aliphatic heterocycles. The summed E-state index contributed by atoms with van der Waals surface area (Å²) in [5.74, 6) is 0. The van der Waals surface area contributed by atoms with Gasteiger partial charge in [-0.1, -0.05) is 147 Å². The van der Waals surface area contributed by atoms with Crippen molar-refractivity contribution in [2.75, 3.05) is 0 Å². The Morgan fingerprint density at radius 3 is 0.762 bits per heavy atom. The minimum atomic E-state index is -0.152. The van der Waals surface area contributed by atoms with Crippen molar-refractivity contribution in [1.82, 2.24) is 0 Å². The van der Waals surface area contributed by atoms with E-state index in [9.17, 15) is 0 Å². The minimum absolute atomic E-state index is 0. The van der Waals surface area contributed by atoms with Crippen molar-refractivity contribution in [3.05, 3.63) is 136 Å². The van der Waals surface area contributed by atoms with E-state index >= 15 is 0 Å². The molecule has 1 radical (unpaired) electrons. The van der Waals surface area contributed by atoms with Gasteiger partial charge in [0.05, 0.1) is 0 Å². The van der Waals surface area contributed by atoms with Crippen LogP contribution in [0.4, 0.5) is 0 Å². The van der Waals surface area contributed by atoms with Gasteiger partial charge in [0.15, 0.2) is 0 Å². The third-order valence-corrected chi connectivity index (χ3v) is 13.4. The van der Waals surface area contributed by atoms with Crippen LogP contribution in [0.25, 0.3) is 0 Å². The quantitative estimate of drug-likeness (QED) is 0.163. The average Bonchev–Trinajstić information content (AvgIpc) is 3.68. The van der Waals surface area contributed by atoms with E-state index in [1.807, 2.05) is 0 Å². The van der Waals surface area contributed by atoms with Gasteiger partial charge in [0.25, 0.3) is 0 Å². The first-order valence-electron chi connectivity index (χ1n) is 13.7. The Morgan fingerprint density at radius 2 is 0.571 bits per heavy atom. The first kappa shape index (κ1) is 43.5. The zero-order chi connectivity index (χ0) is 24.4. The SMILES string of the molecule is [CH3-].[CH3-].[Cl-].[Cl-].[Co+2].[Fe+2].c1ccc(P(c2ccccc2)C2CCCC2)cc1.c1ccc(P(c2ccccc2)C2CCCC2)cc1. The molecule has 6 rings (SSSR count). The monoisotopic (exact) mass is 723 g/mol. The first-order chi connectivity index (χ1) is 17.9. The van der Waals surface area contributed by atoms with Gasteiger partial charge in [-0.15, -0.1) is 0 Å². The van der Waals surface area contributed by atoms with E-state index < -0.39 is 0 Å². The number of hydrogen-bond donors (Lipinski definition) is 0. The summed E-state index contributed by atoms with van der Waals surface area (Å²) in [6.45, 7) is 0. The molecule has 4 aromatic carbocycles. The summed E-state index contributed by atoms with van der Waals surface area (Å²) >= 11 is 0. The molecule has 2 aliphatic carbocycles. The fraction of sp³-hybridized carbons (Fsp3) is 0.278. The maximum Gasteiger partial charge on any atom is 2.00 e. The predicted octanol–water partition coefficient (Wildman–Crippen LogP) is 3.03. The third-order valence-electron chi connectivity index (χ3n) is 7.52. The van der Waals surface area contributed by atoms with Crippen LogP contribution in [-0.4, -0.2) is 11.3 Å². The van der Waals surface area contributed by atoms with Crippen LogP contribution in [0.3, 0.4) is 0 Å². The minimum Gasteiger partial charge on any atom is -1.00 e. The van der Waals surface area contributed by atoms with E-state index in [0.29, 0.717) is 0 Å². The topological polar surface area (TPSA) is 0 Å². The van der Waals surface area contributed by atoms with Crippen molar-refractivity contribution in [2.24, 2.45) is 0 Å². The molecule has 2 aliphatic rings. The number of halogens is 2. The van der Waals surface area contributed by atoms with Gasteiger partial charge >= 0.3 is 33.8 Å². The molecule has 2 saturated carbocycles. The molecule has 2 fully saturated rings. The predicted molar refractivity (Wildman–Crippen MR) is 175 cm³/mol. The molecule has 0 saturated heterocycles. The maximum atomic E-state index is 2.32. The van der Waals surface area contributed by atoms with Crippen molar-refractivity contribution in [2.45, 2.75) is 62.7 Å². The average molecular weight is 724 g/mol. The summed E-state index contributed by atoms with van der Waals surface area (Å²) in [5.41, 5.74) is 1.79. The van der Waals surface area contributed by atoms with E-state index in [1.165, 1.54) is 51.4 Å². The van der Waals surface area contributed by atoms with E-state index in [4.69, 9.17) is 0 Å². The fourth-order valence-corrected chi connectivity index (χ4v) is 11.8. The molecule has 6 heteroatoms.